The fraction of sp³-hybridized carbons (Fsp3) is 0.500. The van der Waals surface area contributed by atoms with Crippen molar-refractivity contribution in [3.63, 3.8) is 0 Å². The number of methoxy groups -OCH3 is 1. The Labute approximate surface area is 103 Å². The second-order valence-electron chi connectivity index (χ2n) is 4.59. The Bertz CT molecular complexity index is 411. The molecule has 0 atom stereocenters. The SMILES string of the molecule is COc1cc(C)c(CNC(C)=O)cc1C(C)C. The van der Waals surface area contributed by atoms with Gasteiger partial charge in [-0.25, -0.2) is 0 Å². The minimum absolute atomic E-state index is 0.00804. The third kappa shape index (κ3) is 3.48. The minimum Gasteiger partial charge on any atom is -0.496 e. The molecule has 0 fully saturated rings. The average Bonchev–Trinajstić information content (AvgIpc) is 2.26. The van der Waals surface area contributed by atoms with Gasteiger partial charge < -0.3 is 10.1 Å². The predicted octanol–water partition coefficient (Wildman–Crippen LogP) is 2.76. The van der Waals surface area contributed by atoms with Crippen LogP contribution >= 0.6 is 0 Å². The van der Waals surface area contributed by atoms with E-state index in [1.165, 1.54) is 12.5 Å². The molecule has 94 valence electrons. The molecule has 0 radical (unpaired) electrons. The van der Waals surface area contributed by atoms with Crippen LogP contribution < -0.4 is 10.1 Å². The molecule has 1 amide bonds. The summed E-state index contributed by atoms with van der Waals surface area (Å²) in [5.41, 5.74) is 3.46. The molecule has 0 saturated carbocycles. The van der Waals surface area contributed by atoms with E-state index in [1.807, 2.05) is 13.0 Å². The van der Waals surface area contributed by atoms with E-state index in [2.05, 4.69) is 25.2 Å². The average molecular weight is 235 g/mol. The molecular formula is C14H21NO2. The lowest BCUT2D eigenvalue weighted by atomic mass is 9.96. The third-order valence-corrected chi connectivity index (χ3v) is 2.84. The number of carbonyl (C=O) groups excluding carboxylic acids is 1. The zero-order valence-electron chi connectivity index (χ0n) is 11.3. The van der Waals surface area contributed by atoms with Gasteiger partial charge in [-0.15, -0.1) is 0 Å². The van der Waals surface area contributed by atoms with Gasteiger partial charge in [0.15, 0.2) is 0 Å². The highest BCUT2D eigenvalue weighted by molar-refractivity contribution is 5.72. The van der Waals surface area contributed by atoms with Crippen LogP contribution in [0.5, 0.6) is 5.75 Å². The number of ether oxygens (including phenoxy) is 1. The van der Waals surface area contributed by atoms with Crippen molar-refractivity contribution in [1.29, 1.82) is 0 Å². The molecule has 0 bridgehead atoms. The van der Waals surface area contributed by atoms with Gasteiger partial charge in [-0.1, -0.05) is 13.8 Å². The molecular weight excluding hydrogens is 214 g/mol. The van der Waals surface area contributed by atoms with Gasteiger partial charge in [0.25, 0.3) is 0 Å². The van der Waals surface area contributed by atoms with Gasteiger partial charge in [-0.3, -0.25) is 4.79 Å². The number of nitrogens with one attached hydrogen (secondary N) is 1. The first-order chi connectivity index (χ1) is 7.95. The number of hydrogen-bond donors (Lipinski definition) is 1. The van der Waals surface area contributed by atoms with Gasteiger partial charge in [0.2, 0.25) is 5.91 Å². The van der Waals surface area contributed by atoms with Crippen LogP contribution in [0.1, 0.15) is 43.4 Å². The number of aryl methyl sites for hydroxylation is 1. The fourth-order valence-corrected chi connectivity index (χ4v) is 1.78. The number of rotatable bonds is 4. The lowest BCUT2D eigenvalue weighted by molar-refractivity contribution is -0.119. The van der Waals surface area contributed by atoms with Gasteiger partial charge >= 0.3 is 0 Å². The van der Waals surface area contributed by atoms with Gasteiger partial charge in [0.05, 0.1) is 7.11 Å². The smallest absolute Gasteiger partial charge is 0.217 e. The Morgan fingerprint density at radius 1 is 1.41 bits per heavy atom. The summed E-state index contributed by atoms with van der Waals surface area (Å²) < 4.78 is 5.38. The van der Waals surface area contributed by atoms with Gasteiger partial charge in [0, 0.05) is 13.5 Å². The van der Waals surface area contributed by atoms with Crippen molar-refractivity contribution in [2.75, 3.05) is 7.11 Å². The second-order valence-corrected chi connectivity index (χ2v) is 4.59. The number of amides is 1. The Balaban J connectivity index is 3.06. The molecule has 3 nitrogen and oxygen atoms in total. The van der Waals surface area contributed by atoms with Crippen molar-refractivity contribution in [2.24, 2.45) is 0 Å². The van der Waals surface area contributed by atoms with E-state index in [0.29, 0.717) is 12.5 Å². The molecule has 0 heterocycles. The summed E-state index contributed by atoms with van der Waals surface area (Å²) in [6, 6.07) is 4.15. The van der Waals surface area contributed by atoms with Gasteiger partial charge in [0.1, 0.15) is 5.75 Å². The molecule has 0 saturated heterocycles. The molecule has 0 aliphatic heterocycles. The maximum atomic E-state index is 10.9. The predicted molar refractivity (Wildman–Crippen MR) is 69.3 cm³/mol. The first-order valence-electron chi connectivity index (χ1n) is 5.87. The molecule has 0 unspecified atom stereocenters. The topological polar surface area (TPSA) is 38.3 Å². The normalized spacial score (nSPS) is 10.5. The van der Waals surface area contributed by atoms with Crippen LogP contribution in [0, 0.1) is 6.92 Å². The van der Waals surface area contributed by atoms with E-state index in [9.17, 15) is 4.79 Å². The largest absolute Gasteiger partial charge is 0.496 e. The molecule has 0 aliphatic rings. The Hall–Kier alpha value is -1.51. The molecule has 0 aliphatic carbocycles. The number of hydrogen-bond acceptors (Lipinski definition) is 2. The van der Waals surface area contributed by atoms with Crippen molar-refractivity contribution in [3.8, 4) is 5.75 Å². The lowest BCUT2D eigenvalue weighted by Crippen LogP contribution is -2.19. The summed E-state index contributed by atoms with van der Waals surface area (Å²) in [6.07, 6.45) is 0. The van der Waals surface area contributed by atoms with Crippen molar-refractivity contribution in [2.45, 2.75) is 40.2 Å². The molecule has 0 spiro atoms. The summed E-state index contributed by atoms with van der Waals surface area (Å²) in [6.45, 7) is 8.40. The van der Waals surface area contributed by atoms with E-state index >= 15 is 0 Å². The Morgan fingerprint density at radius 2 is 2.06 bits per heavy atom. The zero-order valence-corrected chi connectivity index (χ0v) is 11.3. The highest BCUT2D eigenvalue weighted by Crippen LogP contribution is 2.29. The second kappa shape index (κ2) is 5.71. The first kappa shape index (κ1) is 13.6. The number of benzene rings is 1. The van der Waals surface area contributed by atoms with Crippen LogP contribution in [0.2, 0.25) is 0 Å². The highest BCUT2D eigenvalue weighted by atomic mass is 16.5. The monoisotopic (exact) mass is 235 g/mol. The summed E-state index contributed by atoms with van der Waals surface area (Å²) in [7, 11) is 1.69. The Morgan fingerprint density at radius 3 is 2.53 bits per heavy atom. The third-order valence-electron chi connectivity index (χ3n) is 2.84. The van der Waals surface area contributed by atoms with Crippen LogP contribution in [0.3, 0.4) is 0 Å². The van der Waals surface area contributed by atoms with Gasteiger partial charge in [-0.05, 0) is 41.7 Å². The zero-order chi connectivity index (χ0) is 13.0. The summed E-state index contributed by atoms with van der Waals surface area (Å²) in [5.74, 6) is 1.32. The molecule has 17 heavy (non-hydrogen) atoms. The van der Waals surface area contributed by atoms with E-state index in [1.54, 1.807) is 7.11 Å². The fourth-order valence-electron chi connectivity index (χ4n) is 1.78. The van der Waals surface area contributed by atoms with Crippen LogP contribution in [0.25, 0.3) is 0 Å². The lowest BCUT2D eigenvalue weighted by Gasteiger charge is -2.16. The maximum Gasteiger partial charge on any atom is 0.217 e. The van der Waals surface area contributed by atoms with E-state index in [0.717, 1.165) is 16.9 Å². The van der Waals surface area contributed by atoms with Crippen molar-refractivity contribution in [3.05, 3.63) is 28.8 Å². The maximum absolute atomic E-state index is 10.9. The van der Waals surface area contributed by atoms with Crippen LogP contribution in [-0.2, 0) is 11.3 Å². The first-order valence-corrected chi connectivity index (χ1v) is 5.87. The van der Waals surface area contributed by atoms with Crippen LogP contribution in [-0.4, -0.2) is 13.0 Å². The van der Waals surface area contributed by atoms with Crippen LogP contribution in [0.15, 0.2) is 12.1 Å². The van der Waals surface area contributed by atoms with E-state index in [-0.39, 0.29) is 5.91 Å². The summed E-state index contributed by atoms with van der Waals surface area (Å²) in [5, 5.41) is 2.83. The summed E-state index contributed by atoms with van der Waals surface area (Å²) in [4.78, 5) is 10.9. The van der Waals surface area contributed by atoms with Crippen molar-refractivity contribution in [1.82, 2.24) is 5.32 Å². The molecule has 1 aromatic rings. The quantitative estimate of drug-likeness (QED) is 0.871. The minimum atomic E-state index is -0.00804. The van der Waals surface area contributed by atoms with E-state index < -0.39 is 0 Å². The molecule has 1 aromatic carbocycles. The molecule has 1 rings (SSSR count). The summed E-state index contributed by atoms with van der Waals surface area (Å²) >= 11 is 0. The van der Waals surface area contributed by atoms with E-state index in [4.69, 9.17) is 4.74 Å². The van der Waals surface area contributed by atoms with Gasteiger partial charge in [-0.2, -0.15) is 0 Å². The highest BCUT2D eigenvalue weighted by Gasteiger charge is 2.11. The molecule has 1 N–H and O–H groups in total. The molecule has 3 heteroatoms. The van der Waals surface area contributed by atoms with Crippen molar-refractivity contribution >= 4 is 5.91 Å². The molecule has 0 aromatic heterocycles. The van der Waals surface area contributed by atoms with Crippen LogP contribution in [0.4, 0.5) is 0 Å². The number of carbonyl (C=O) groups is 1. The Kier molecular flexibility index (Phi) is 4.55. The standard InChI is InChI=1S/C14H21NO2/c1-9(2)13-7-12(8-15-11(4)16)10(3)6-14(13)17-5/h6-7,9H,8H2,1-5H3,(H,15,16). The van der Waals surface area contributed by atoms with Crippen molar-refractivity contribution < 1.29 is 9.53 Å².